The van der Waals surface area contributed by atoms with E-state index in [2.05, 4.69) is 18.4 Å². The van der Waals surface area contributed by atoms with Gasteiger partial charge in [0.2, 0.25) is 0 Å². The van der Waals surface area contributed by atoms with Crippen molar-refractivity contribution in [1.29, 1.82) is 0 Å². The van der Waals surface area contributed by atoms with Gasteiger partial charge < -0.3 is 10.3 Å². The molecule has 0 saturated heterocycles. The summed E-state index contributed by atoms with van der Waals surface area (Å²) in [6.45, 7) is 4.58. The Kier molecular flexibility index (Phi) is 2.49. The lowest BCUT2D eigenvalue weighted by Crippen LogP contribution is -2.08. The van der Waals surface area contributed by atoms with Crippen LogP contribution < -0.4 is 5.73 Å². The van der Waals surface area contributed by atoms with Crippen molar-refractivity contribution in [3.8, 4) is 0 Å². The van der Waals surface area contributed by atoms with Crippen molar-refractivity contribution < 1.29 is 4.39 Å². The highest BCUT2D eigenvalue weighted by Gasteiger charge is 2.12. The average Bonchev–Trinajstić information content (AvgIpc) is 2.57. The van der Waals surface area contributed by atoms with Crippen LogP contribution in [0.5, 0.6) is 0 Å². The van der Waals surface area contributed by atoms with Gasteiger partial charge in [0.15, 0.2) is 0 Å². The van der Waals surface area contributed by atoms with Crippen LogP contribution in [0.3, 0.4) is 0 Å². The van der Waals surface area contributed by atoms with Gasteiger partial charge in [0.1, 0.15) is 5.82 Å². The fraction of sp³-hybridized carbons (Fsp3) is 0.333. The van der Waals surface area contributed by atoms with Gasteiger partial charge in [0, 0.05) is 23.7 Å². The zero-order valence-electron chi connectivity index (χ0n) is 9.00. The van der Waals surface area contributed by atoms with Gasteiger partial charge in [0.05, 0.1) is 5.52 Å². The molecule has 0 fully saturated rings. The SMILES string of the molecule is CC(C)n1c(CN)cc2c(F)cccc21. The van der Waals surface area contributed by atoms with Crippen LogP contribution in [0.15, 0.2) is 24.3 Å². The Morgan fingerprint density at radius 3 is 2.73 bits per heavy atom. The van der Waals surface area contributed by atoms with E-state index in [9.17, 15) is 4.39 Å². The Balaban J connectivity index is 2.80. The number of nitrogens with two attached hydrogens (primary N) is 1. The second-order valence-corrected chi connectivity index (χ2v) is 3.98. The summed E-state index contributed by atoms with van der Waals surface area (Å²) in [6, 6.07) is 7.27. The van der Waals surface area contributed by atoms with Crippen LogP contribution in [0.2, 0.25) is 0 Å². The Labute approximate surface area is 88.5 Å². The number of hydrogen-bond acceptors (Lipinski definition) is 1. The molecule has 1 heterocycles. The molecule has 1 aromatic heterocycles. The van der Waals surface area contributed by atoms with Gasteiger partial charge >= 0.3 is 0 Å². The van der Waals surface area contributed by atoms with Crippen molar-refractivity contribution in [1.82, 2.24) is 4.57 Å². The van der Waals surface area contributed by atoms with Crippen LogP contribution in [0.1, 0.15) is 25.6 Å². The highest BCUT2D eigenvalue weighted by Crippen LogP contribution is 2.25. The lowest BCUT2D eigenvalue weighted by Gasteiger charge is -2.13. The number of hydrogen-bond donors (Lipinski definition) is 1. The fourth-order valence-corrected chi connectivity index (χ4v) is 2.04. The van der Waals surface area contributed by atoms with E-state index in [1.807, 2.05) is 12.1 Å². The lowest BCUT2D eigenvalue weighted by atomic mass is 10.2. The summed E-state index contributed by atoms with van der Waals surface area (Å²) >= 11 is 0. The molecule has 0 saturated carbocycles. The largest absolute Gasteiger partial charge is 0.341 e. The number of benzene rings is 1. The third-order valence-electron chi connectivity index (χ3n) is 2.64. The number of rotatable bonds is 2. The van der Waals surface area contributed by atoms with Gasteiger partial charge in [-0.1, -0.05) is 6.07 Å². The molecule has 0 spiro atoms. The van der Waals surface area contributed by atoms with E-state index < -0.39 is 0 Å². The maximum atomic E-state index is 13.5. The highest BCUT2D eigenvalue weighted by atomic mass is 19.1. The summed E-state index contributed by atoms with van der Waals surface area (Å²) in [6.07, 6.45) is 0. The van der Waals surface area contributed by atoms with E-state index in [1.54, 1.807) is 6.07 Å². The molecule has 15 heavy (non-hydrogen) atoms. The Morgan fingerprint density at radius 2 is 2.13 bits per heavy atom. The first kappa shape index (κ1) is 10.2. The van der Waals surface area contributed by atoms with Crippen molar-refractivity contribution in [3.63, 3.8) is 0 Å². The Hall–Kier alpha value is -1.35. The molecule has 0 aliphatic rings. The van der Waals surface area contributed by atoms with Crippen molar-refractivity contribution in [2.45, 2.75) is 26.4 Å². The quantitative estimate of drug-likeness (QED) is 0.804. The Morgan fingerprint density at radius 1 is 1.40 bits per heavy atom. The minimum Gasteiger partial charge on any atom is -0.341 e. The van der Waals surface area contributed by atoms with Gasteiger partial charge in [-0.25, -0.2) is 4.39 Å². The molecule has 2 aromatic rings. The molecule has 0 atom stereocenters. The average molecular weight is 206 g/mol. The van der Waals surface area contributed by atoms with Crippen LogP contribution in [0, 0.1) is 5.82 Å². The second kappa shape index (κ2) is 3.66. The standard InChI is InChI=1S/C12H15FN2/c1-8(2)15-9(7-14)6-10-11(13)4-3-5-12(10)15/h3-6,8H,7,14H2,1-2H3. The molecule has 2 N–H and O–H groups in total. The molecular weight excluding hydrogens is 191 g/mol. The molecule has 3 heteroatoms. The zero-order valence-corrected chi connectivity index (χ0v) is 9.00. The third kappa shape index (κ3) is 1.53. The van der Waals surface area contributed by atoms with Crippen LogP contribution >= 0.6 is 0 Å². The van der Waals surface area contributed by atoms with Gasteiger partial charge in [0.25, 0.3) is 0 Å². The van der Waals surface area contributed by atoms with E-state index in [0.717, 1.165) is 11.2 Å². The molecule has 0 aliphatic carbocycles. The Bertz CT molecular complexity index is 486. The summed E-state index contributed by atoms with van der Waals surface area (Å²) < 4.78 is 15.6. The zero-order chi connectivity index (χ0) is 11.0. The molecule has 2 nitrogen and oxygen atoms in total. The van der Waals surface area contributed by atoms with Crippen LogP contribution in [-0.4, -0.2) is 4.57 Å². The van der Waals surface area contributed by atoms with Crippen molar-refractivity contribution >= 4 is 10.9 Å². The first-order valence-electron chi connectivity index (χ1n) is 5.13. The van der Waals surface area contributed by atoms with Gasteiger partial charge in [-0.15, -0.1) is 0 Å². The van der Waals surface area contributed by atoms with Crippen molar-refractivity contribution in [2.24, 2.45) is 5.73 Å². The summed E-state index contributed by atoms with van der Waals surface area (Å²) in [5.74, 6) is -0.179. The maximum Gasteiger partial charge on any atom is 0.132 e. The molecule has 1 aromatic carbocycles. The fourth-order valence-electron chi connectivity index (χ4n) is 2.04. The molecule has 80 valence electrons. The molecule has 0 unspecified atom stereocenters. The van der Waals surface area contributed by atoms with Gasteiger partial charge in [-0.3, -0.25) is 0 Å². The number of fused-ring (bicyclic) bond motifs is 1. The predicted octanol–water partition coefficient (Wildman–Crippen LogP) is 2.82. The first-order valence-corrected chi connectivity index (χ1v) is 5.13. The van der Waals surface area contributed by atoms with Crippen LogP contribution in [-0.2, 0) is 6.54 Å². The van der Waals surface area contributed by atoms with Crippen LogP contribution in [0.4, 0.5) is 4.39 Å². The molecule has 0 aliphatic heterocycles. The molecule has 0 amide bonds. The van der Waals surface area contributed by atoms with Crippen LogP contribution in [0.25, 0.3) is 10.9 Å². The smallest absolute Gasteiger partial charge is 0.132 e. The normalized spacial score (nSPS) is 11.5. The van der Waals surface area contributed by atoms with E-state index in [1.165, 1.54) is 6.07 Å². The van der Waals surface area contributed by atoms with E-state index >= 15 is 0 Å². The van der Waals surface area contributed by atoms with Crippen molar-refractivity contribution in [2.75, 3.05) is 0 Å². The molecular formula is C12H15FN2. The second-order valence-electron chi connectivity index (χ2n) is 3.98. The minimum atomic E-state index is -0.179. The number of aromatic nitrogens is 1. The molecule has 0 bridgehead atoms. The summed E-state index contributed by atoms with van der Waals surface area (Å²) in [5.41, 5.74) is 7.56. The van der Waals surface area contributed by atoms with E-state index in [0.29, 0.717) is 18.0 Å². The highest BCUT2D eigenvalue weighted by molar-refractivity contribution is 5.82. The monoisotopic (exact) mass is 206 g/mol. The van der Waals surface area contributed by atoms with Gasteiger partial charge in [-0.05, 0) is 32.0 Å². The van der Waals surface area contributed by atoms with Gasteiger partial charge in [-0.2, -0.15) is 0 Å². The summed E-state index contributed by atoms with van der Waals surface area (Å²) in [5, 5.41) is 0.659. The van der Waals surface area contributed by atoms with E-state index in [-0.39, 0.29) is 5.82 Å². The molecule has 2 rings (SSSR count). The number of halogens is 1. The predicted molar refractivity (Wildman–Crippen MR) is 60.2 cm³/mol. The topological polar surface area (TPSA) is 30.9 Å². The maximum absolute atomic E-state index is 13.5. The number of nitrogens with zero attached hydrogens (tertiary/aromatic N) is 1. The molecule has 0 radical (unpaired) electrons. The minimum absolute atomic E-state index is 0.179. The lowest BCUT2D eigenvalue weighted by molar-refractivity contribution is 0.594. The summed E-state index contributed by atoms with van der Waals surface area (Å²) in [7, 11) is 0. The summed E-state index contributed by atoms with van der Waals surface area (Å²) in [4.78, 5) is 0. The van der Waals surface area contributed by atoms with Crippen molar-refractivity contribution in [3.05, 3.63) is 35.8 Å². The van der Waals surface area contributed by atoms with E-state index in [4.69, 9.17) is 5.73 Å². The third-order valence-corrected chi connectivity index (χ3v) is 2.64. The first-order chi connectivity index (χ1) is 7.15.